The maximum Gasteiger partial charge on any atom is 0.415 e. The van der Waals surface area contributed by atoms with Crippen LogP contribution in [0.15, 0.2) is 0 Å². The van der Waals surface area contributed by atoms with Gasteiger partial charge in [0, 0.05) is 6.54 Å². The van der Waals surface area contributed by atoms with Gasteiger partial charge in [0.05, 0.1) is 13.7 Å². The number of hydrogen-bond acceptors (Lipinski definition) is 4. The summed E-state index contributed by atoms with van der Waals surface area (Å²) >= 11 is 0. The second-order valence-corrected chi connectivity index (χ2v) is 2.85. The molecule has 15 heavy (non-hydrogen) atoms. The highest BCUT2D eigenvalue weighted by Gasteiger charge is 2.44. The fourth-order valence-corrected chi connectivity index (χ4v) is 1.08. The Hall–Kier alpha value is -0.530. The summed E-state index contributed by atoms with van der Waals surface area (Å²) in [5, 5.41) is 2.41. The van der Waals surface area contributed by atoms with E-state index in [1.165, 1.54) is 7.11 Å². The number of morpholine rings is 1. The van der Waals surface area contributed by atoms with Gasteiger partial charge in [-0.15, -0.1) is 12.4 Å². The molecule has 0 bridgehead atoms. The van der Waals surface area contributed by atoms with E-state index in [-0.39, 0.29) is 19.0 Å². The Kier molecular flexibility index (Phi) is 5.33. The lowest BCUT2D eigenvalue weighted by Gasteiger charge is -2.29. The Balaban J connectivity index is 0.00000196. The molecule has 2 atom stereocenters. The molecule has 0 aliphatic carbocycles. The molecule has 4 nitrogen and oxygen atoms in total. The number of methoxy groups -OCH3 is 1. The highest BCUT2D eigenvalue weighted by Crippen LogP contribution is 2.24. The third-order valence-corrected chi connectivity index (χ3v) is 1.86. The van der Waals surface area contributed by atoms with E-state index < -0.39 is 30.8 Å². The number of nitrogens with one attached hydrogen (secondary N) is 1. The van der Waals surface area contributed by atoms with Crippen LogP contribution in [0.25, 0.3) is 0 Å². The molecule has 0 aromatic carbocycles. The summed E-state index contributed by atoms with van der Waals surface area (Å²) in [5.74, 6) is -0.620. The highest BCUT2D eigenvalue weighted by molar-refractivity contribution is 5.85. The normalized spacial score (nSPS) is 26.7. The van der Waals surface area contributed by atoms with Gasteiger partial charge in [0.15, 0.2) is 6.10 Å². The molecule has 0 spiro atoms. The van der Waals surface area contributed by atoms with Crippen molar-refractivity contribution in [3.63, 3.8) is 0 Å². The first kappa shape index (κ1) is 14.5. The summed E-state index contributed by atoms with van der Waals surface area (Å²) in [6.07, 6.45) is -6.24. The quantitative estimate of drug-likeness (QED) is 0.688. The van der Waals surface area contributed by atoms with E-state index in [1.807, 2.05) is 0 Å². The molecule has 1 saturated heterocycles. The molecule has 0 aromatic heterocycles. The lowest BCUT2D eigenvalue weighted by atomic mass is 10.2. The molecule has 1 rings (SSSR count). The Labute approximate surface area is 90.5 Å². The molecule has 1 N–H and O–H groups in total. The number of hydrogen-bond donors (Lipinski definition) is 1. The molecule has 0 saturated carbocycles. The van der Waals surface area contributed by atoms with Gasteiger partial charge in [-0.3, -0.25) is 10.1 Å². The van der Waals surface area contributed by atoms with Crippen LogP contribution in [0.1, 0.15) is 0 Å². The van der Waals surface area contributed by atoms with Crippen LogP contribution >= 0.6 is 12.4 Å². The maximum absolute atomic E-state index is 12.1. The predicted octanol–water partition coefficient (Wildman–Crippen LogP) is 0.500. The first-order valence-electron chi connectivity index (χ1n) is 3.94. The Morgan fingerprint density at radius 3 is 2.47 bits per heavy atom. The van der Waals surface area contributed by atoms with E-state index in [0.29, 0.717) is 0 Å². The number of rotatable bonds is 1. The van der Waals surface area contributed by atoms with Gasteiger partial charge in [-0.2, -0.15) is 13.2 Å². The van der Waals surface area contributed by atoms with Crippen molar-refractivity contribution in [2.45, 2.75) is 18.3 Å². The van der Waals surface area contributed by atoms with Gasteiger partial charge in [0.1, 0.15) is 6.04 Å². The van der Waals surface area contributed by atoms with Gasteiger partial charge in [-0.1, -0.05) is 0 Å². The van der Waals surface area contributed by atoms with Crippen LogP contribution < -0.4 is 5.32 Å². The molecular formula is C7H11ClF3NO3. The molecule has 1 aliphatic rings. The Morgan fingerprint density at radius 2 is 2.13 bits per heavy atom. The first-order valence-corrected chi connectivity index (χ1v) is 3.94. The lowest BCUT2D eigenvalue weighted by Crippen LogP contribution is -2.54. The van der Waals surface area contributed by atoms with Crippen LogP contribution in [0, 0.1) is 0 Å². The van der Waals surface area contributed by atoms with E-state index in [9.17, 15) is 18.0 Å². The summed E-state index contributed by atoms with van der Waals surface area (Å²) in [4.78, 5) is 10.9. The predicted molar refractivity (Wildman–Crippen MR) is 46.8 cm³/mol. The molecule has 90 valence electrons. The fraction of sp³-hybridized carbons (Fsp3) is 0.857. The number of ether oxygens (including phenoxy) is 2. The Bertz CT molecular complexity index is 216. The van der Waals surface area contributed by atoms with E-state index in [1.54, 1.807) is 0 Å². The standard InChI is InChI=1S/C7H10F3NO3.ClH/c1-13-6(12)4-3-14-5(2-11-4)7(8,9)10;/h4-5,11H,2-3H2,1H3;1H. The van der Waals surface area contributed by atoms with E-state index in [4.69, 9.17) is 0 Å². The van der Waals surface area contributed by atoms with E-state index >= 15 is 0 Å². The summed E-state index contributed by atoms with van der Waals surface area (Å²) in [6, 6.07) is -0.807. The monoisotopic (exact) mass is 249 g/mol. The van der Waals surface area contributed by atoms with Crippen molar-refractivity contribution >= 4 is 18.4 Å². The van der Waals surface area contributed by atoms with Crippen molar-refractivity contribution in [2.75, 3.05) is 20.3 Å². The van der Waals surface area contributed by atoms with Crippen molar-refractivity contribution in [3.8, 4) is 0 Å². The molecule has 8 heteroatoms. The van der Waals surface area contributed by atoms with Gasteiger partial charge in [0.2, 0.25) is 0 Å². The minimum absolute atomic E-state index is 0. The summed E-state index contributed by atoms with van der Waals surface area (Å²) < 4.78 is 45.0. The van der Waals surface area contributed by atoms with Crippen LogP contribution in [0.2, 0.25) is 0 Å². The number of alkyl halides is 3. The van der Waals surface area contributed by atoms with Crippen LogP contribution in [0.3, 0.4) is 0 Å². The molecule has 0 amide bonds. The van der Waals surface area contributed by atoms with Gasteiger partial charge >= 0.3 is 12.1 Å². The third-order valence-electron chi connectivity index (χ3n) is 1.86. The SMILES string of the molecule is COC(=O)C1COC(C(F)(F)F)CN1.Cl. The molecular weight excluding hydrogens is 239 g/mol. The molecule has 2 unspecified atom stereocenters. The topological polar surface area (TPSA) is 47.6 Å². The van der Waals surface area contributed by atoms with Crippen molar-refractivity contribution in [1.82, 2.24) is 5.32 Å². The van der Waals surface area contributed by atoms with Gasteiger partial charge in [-0.25, -0.2) is 0 Å². The zero-order valence-electron chi connectivity index (χ0n) is 7.84. The number of halogens is 4. The molecule has 1 aliphatic heterocycles. The van der Waals surface area contributed by atoms with Crippen molar-refractivity contribution < 1.29 is 27.4 Å². The van der Waals surface area contributed by atoms with Crippen molar-refractivity contribution in [3.05, 3.63) is 0 Å². The van der Waals surface area contributed by atoms with Crippen LogP contribution in [0.4, 0.5) is 13.2 Å². The van der Waals surface area contributed by atoms with Crippen LogP contribution in [-0.2, 0) is 14.3 Å². The third kappa shape index (κ3) is 3.84. The van der Waals surface area contributed by atoms with Crippen molar-refractivity contribution in [2.24, 2.45) is 0 Å². The smallest absolute Gasteiger partial charge is 0.415 e. The summed E-state index contributed by atoms with van der Waals surface area (Å²) in [6.45, 7) is -0.750. The minimum Gasteiger partial charge on any atom is -0.468 e. The summed E-state index contributed by atoms with van der Waals surface area (Å²) in [5.41, 5.74) is 0. The number of carbonyl (C=O) groups excluding carboxylic acids is 1. The lowest BCUT2D eigenvalue weighted by molar-refractivity contribution is -0.230. The first-order chi connectivity index (χ1) is 6.45. The van der Waals surface area contributed by atoms with E-state index in [0.717, 1.165) is 0 Å². The van der Waals surface area contributed by atoms with Crippen LogP contribution in [0.5, 0.6) is 0 Å². The zero-order chi connectivity index (χ0) is 10.8. The highest BCUT2D eigenvalue weighted by atomic mass is 35.5. The molecule has 1 fully saturated rings. The van der Waals surface area contributed by atoms with Gasteiger partial charge < -0.3 is 9.47 Å². The largest absolute Gasteiger partial charge is 0.468 e. The molecule has 0 radical (unpaired) electrons. The average Bonchev–Trinajstić information content (AvgIpc) is 2.15. The minimum atomic E-state index is -4.39. The average molecular weight is 250 g/mol. The molecule has 0 aromatic rings. The Morgan fingerprint density at radius 1 is 1.53 bits per heavy atom. The van der Waals surface area contributed by atoms with Gasteiger partial charge in [-0.05, 0) is 0 Å². The number of carbonyl (C=O) groups is 1. The second kappa shape index (κ2) is 5.53. The summed E-state index contributed by atoms with van der Waals surface area (Å²) in [7, 11) is 1.17. The zero-order valence-corrected chi connectivity index (χ0v) is 8.65. The second-order valence-electron chi connectivity index (χ2n) is 2.85. The van der Waals surface area contributed by atoms with Crippen LogP contribution in [-0.4, -0.2) is 44.6 Å². The molecule has 1 heterocycles. The van der Waals surface area contributed by atoms with E-state index in [2.05, 4.69) is 14.8 Å². The van der Waals surface area contributed by atoms with Gasteiger partial charge in [0.25, 0.3) is 0 Å². The fourth-order valence-electron chi connectivity index (χ4n) is 1.08. The number of esters is 1. The van der Waals surface area contributed by atoms with Crippen molar-refractivity contribution in [1.29, 1.82) is 0 Å². The maximum atomic E-state index is 12.1.